The molecule has 122 valence electrons. The number of aromatic nitrogens is 1. The van der Waals surface area contributed by atoms with Gasteiger partial charge >= 0.3 is 0 Å². The molecule has 0 unspecified atom stereocenters. The van der Waals surface area contributed by atoms with Crippen LogP contribution in [0.4, 0.5) is 0 Å². The summed E-state index contributed by atoms with van der Waals surface area (Å²) in [4.78, 5) is 13.7. The van der Waals surface area contributed by atoms with Crippen molar-refractivity contribution in [1.82, 2.24) is 4.37 Å². The third-order valence-electron chi connectivity index (χ3n) is 3.80. The second-order valence-corrected chi connectivity index (χ2v) is 9.19. The highest BCUT2D eigenvalue weighted by atomic mass is 35.5. The molecule has 2 aromatic rings. The first-order valence-corrected chi connectivity index (χ1v) is 10.2. The highest BCUT2D eigenvalue weighted by Crippen LogP contribution is 2.44. The minimum atomic E-state index is -3.50. The fraction of sp³-hybridized carbons (Fsp3) is 0.333. The SMILES string of the molecule is CCS(=O)(=O)c1ccc(C(=O)c2cnsc2C2CC2)c(Cl)c1Cl. The van der Waals surface area contributed by atoms with E-state index in [9.17, 15) is 13.2 Å². The Morgan fingerprint density at radius 1 is 1.26 bits per heavy atom. The second kappa shape index (κ2) is 6.16. The van der Waals surface area contributed by atoms with Gasteiger partial charge in [-0.3, -0.25) is 4.79 Å². The van der Waals surface area contributed by atoms with E-state index in [-0.39, 0.29) is 32.0 Å². The molecule has 8 heteroatoms. The van der Waals surface area contributed by atoms with Crippen LogP contribution in [0.5, 0.6) is 0 Å². The summed E-state index contributed by atoms with van der Waals surface area (Å²) >= 11 is 13.6. The van der Waals surface area contributed by atoms with Crippen LogP contribution < -0.4 is 0 Å². The molecule has 0 radical (unpaired) electrons. The van der Waals surface area contributed by atoms with E-state index < -0.39 is 9.84 Å². The van der Waals surface area contributed by atoms with Crippen molar-refractivity contribution < 1.29 is 13.2 Å². The Balaban J connectivity index is 2.05. The van der Waals surface area contributed by atoms with E-state index in [1.54, 1.807) is 6.20 Å². The van der Waals surface area contributed by atoms with Crippen molar-refractivity contribution in [2.45, 2.75) is 30.6 Å². The predicted molar refractivity (Wildman–Crippen MR) is 91.7 cm³/mol. The third-order valence-corrected chi connectivity index (χ3v) is 7.52. The fourth-order valence-electron chi connectivity index (χ4n) is 2.31. The molecule has 1 aromatic carbocycles. The first kappa shape index (κ1) is 16.9. The molecule has 1 heterocycles. The minimum absolute atomic E-state index is 0.0286. The van der Waals surface area contributed by atoms with Crippen molar-refractivity contribution in [3.05, 3.63) is 44.4 Å². The van der Waals surface area contributed by atoms with Gasteiger partial charge in [-0.15, -0.1) is 0 Å². The normalized spacial score (nSPS) is 14.9. The van der Waals surface area contributed by atoms with Crippen LogP contribution in [0.15, 0.2) is 23.2 Å². The van der Waals surface area contributed by atoms with Crippen molar-refractivity contribution in [1.29, 1.82) is 0 Å². The Hall–Kier alpha value is -0.950. The minimum Gasteiger partial charge on any atom is -0.288 e. The number of halogens is 2. The van der Waals surface area contributed by atoms with E-state index in [1.807, 2.05) is 0 Å². The van der Waals surface area contributed by atoms with Crippen molar-refractivity contribution in [2.75, 3.05) is 5.75 Å². The van der Waals surface area contributed by atoms with Crippen LogP contribution in [0.3, 0.4) is 0 Å². The summed E-state index contributed by atoms with van der Waals surface area (Å²) in [6, 6.07) is 2.77. The molecular weight excluding hydrogens is 377 g/mol. The van der Waals surface area contributed by atoms with Gasteiger partial charge in [-0.1, -0.05) is 30.1 Å². The zero-order valence-corrected chi connectivity index (χ0v) is 15.3. The maximum atomic E-state index is 12.7. The van der Waals surface area contributed by atoms with Gasteiger partial charge in [0.25, 0.3) is 0 Å². The van der Waals surface area contributed by atoms with Gasteiger partial charge in [-0.05, 0) is 42.4 Å². The van der Waals surface area contributed by atoms with Crippen LogP contribution in [0.1, 0.15) is 46.5 Å². The maximum Gasteiger partial charge on any atom is 0.197 e. The third kappa shape index (κ3) is 3.05. The predicted octanol–water partition coefficient (Wildman–Crippen LogP) is 4.35. The molecule has 0 amide bonds. The molecule has 0 spiro atoms. The van der Waals surface area contributed by atoms with Gasteiger partial charge in [0.2, 0.25) is 0 Å². The fourth-order valence-corrected chi connectivity index (χ4v) is 4.99. The number of ketones is 1. The van der Waals surface area contributed by atoms with E-state index in [0.717, 1.165) is 17.7 Å². The lowest BCUT2D eigenvalue weighted by Gasteiger charge is -2.10. The molecule has 0 aliphatic heterocycles. The average Bonchev–Trinajstić information content (AvgIpc) is 3.26. The Labute approximate surface area is 148 Å². The largest absolute Gasteiger partial charge is 0.288 e. The lowest BCUT2D eigenvalue weighted by atomic mass is 10.0. The Morgan fingerprint density at radius 3 is 2.57 bits per heavy atom. The number of rotatable bonds is 5. The summed E-state index contributed by atoms with van der Waals surface area (Å²) in [6.07, 6.45) is 3.66. The van der Waals surface area contributed by atoms with E-state index in [2.05, 4.69) is 4.37 Å². The molecule has 1 saturated carbocycles. The standard InChI is InChI=1S/C15H13Cl2NO3S2/c1-2-23(20,21)11-6-5-9(12(16)13(11)17)14(19)10-7-18-22-15(10)8-3-4-8/h5-8H,2-4H2,1H3. The van der Waals surface area contributed by atoms with Crippen molar-refractivity contribution in [2.24, 2.45) is 0 Å². The van der Waals surface area contributed by atoms with Crippen molar-refractivity contribution in [3.63, 3.8) is 0 Å². The average molecular weight is 390 g/mol. The van der Waals surface area contributed by atoms with Crippen molar-refractivity contribution in [3.8, 4) is 0 Å². The number of benzene rings is 1. The number of nitrogens with zero attached hydrogens (tertiary/aromatic N) is 1. The molecule has 0 N–H and O–H groups in total. The topological polar surface area (TPSA) is 64.1 Å². The van der Waals surface area contributed by atoms with Gasteiger partial charge in [0.1, 0.15) is 0 Å². The molecule has 1 aromatic heterocycles. The van der Waals surface area contributed by atoms with Gasteiger partial charge in [0.15, 0.2) is 15.6 Å². The Bertz CT molecular complexity index is 886. The second-order valence-electron chi connectivity index (χ2n) is 5.35. The van der Waals surface area contributed by atoms with Gasteiger partial charge in [-0.25, -0.2) is 12.8 Å². The van der Waals surface area contributed by atoms with E-state index in [4.69, 9.17) is 23.2 Å². The van der Waals surface area contributed by atoms with Crippen LogP contribution in [-0.4, -0.2) is 24.3 Å². The first-order valence-electron chi connectivity index (χ1n) is 7.06. The quantitative estimate of drug-likeness (QED) is 0.712. The molecule has 1 fully saturated rings. The summed E-state index contributed by atoms with van der Waals surface area (Å²) in [6.45, 7) is 1.53. The zero-order chi connectivity index (χ0) is 16.8. The van der Waals surface area contributed by atoms with Crippen molar-refractivity contribution >= 4 is 50.4 Å². The molecule has 1 aliphatic rings. The van der Waals surface area contributed by atoms with Crippen LogP contribution in [0, 0.1) is 0 Å². The first-order chi connectivity index (χ1) is 10.9. The maximum absolute atomic E-state index is 12.7. The van der Waals surface area contributed by atoms with Gasteiger partial charge in [0.05, 0.1) is 32.5 Å². The lowest BCUT2D eigenvalue weighted by molar-refractivity contribution is 0.103. The summed E-state index contributed by atoms with van der Waals surface area (Å²) in [5.41, 5.74) is 0.732. The number of hydrogen-bond acceptors (Lipinski definition) is 5. The summed E-state index contributed by atoms with van der Waals surface area (Å²) in [5.74, 6) is 0.0415. The zero-order valence-electron chi connectivity index (χ0n) is 12.2. The highest BCUT2D eigenvalue weighted by Gasteiger charge is 2.31. The van der Waals surface area contributed by atoms with E-state index in [1.165, 1.54) is 30.6 Å². The molecule has 0 atom stereocenters. The highest BCUT2D eigenvalue weighted by molar-refractivity contribution is 7.91. The van der Waals surface area contributed by atoms with Gasteiger partial charge in [0, 0.05) is 10.4 Å². The number of sulfone groups is 1. The molecule has 4 nitrogen and oxygen atoms in total. The molecule has 0 saturated heterocycles. The van der Waals surface area contributed by atoms with E-state index in [0.29, 0.717) is 11.5 Å². The van der Waals surface area contributed by atoms with Crippen LogP contribution in [0.2, 0.25) is 10.0 Å². The monoisotopic (exact) mass is 389 g/mol. The number of carbonyl (C=O) groups excluding carboxylic acids is 1. The van der Waals surface area contributed by atoms with E-state index >= 15 is 0 Å². The van der Waals surface area contributed by atoms with Crippen LogP contribution >= 0.6 is 34.7 Å². The molecule has 1 aliphatic carbocycles. The smallest absolute Gasteiger partial charge is 0.197 e. The number of hydrogen-bond donors (Lipinski definition) is 0. The van der Waals surface area contributed by atoms with Gasteiger partial charge < -0.3 is 0 Å². The van der Waals surface area contributed by atoms with Crippen LogP contribution in [-0.2, 0) is 9.84 Å². The Kier molecular flexibility index (Phi) is 4.53. The Morgan fingerprint density at radius 2 is 1.96 bits per heavy atom. The van der Waals surface area contributed by atoms with Gasteiger partial charge in [-0.2, -0.15) is 0 Å². The molecule has 23 heavy (non-hydrogen) atoms. The van der Waals surface area contributed by atoms with Crippen LogP contribution in [0.25, 0.3) is 0 Å². The summed E-state index contributed by atoms with van der Waals surface area (Å²) in [7, 11) is -3.50. The molecule has 0 bridgehead atoms. The lowest BCUT2D eigenvalue weighted by Crippen LogP contribution is -2.08. The summed E-state index contributed by atoms with van der Waals surface area (Å²) < 4.78 is 28.1. The number of carbonyl (C=O) groups is 1. The molecular formula is C15H13Cl2NO3S2. The summed E-state index contributed by atoms with van der Waals surface area (Å²) in [5, 5.41) is -0.130. The molecule has 3 rings (SSSR count).